The average molecular weight is 404 g/mol. The molecule has 1 saturated heterocycles. The third-order valence-corrected chi connectivity index (χ3v) is 5.46. The molecular weight excluding hydrogens is 384 g/mol. The van der Waals surface area contributed by atoms with Crippen LogP contribution in [0.1, 0.15) is 29.8 Å². The minimum Gasteiger partial charge on any atom is -0.467 e. The lowest BCUT2D eigenvalue weighted by atomic mass is 10.1. The third-order valence-electron chi connectivity index (χ3n) is 5.46. The van der Waals surface area contributed by atoms with E-state index in [0.717, 1.165) is 11.4 Å². The summed E-state index contributed by atoms with van der Waals surface area (Å²) >= 11 is 0. The van der Waals surface area contributed by atoms with Gasteiger partial charge in [-0.25, -0.2) is 15.0 Å². The van der Waals surface area contributed by atoms with Crippen LogP contribution in [0.15, 0.2) is 35.4 Å². The molecule has 1 aromatic carbocycles. The number of nitrogens with zero attached hydrogens (tertiary/aromatic N) is 4. The summed E-state index contributed by atoms with van der Waals surface area (Å²) in [6, 6.07) is 5.76. The number of hydrogen-bond donors (Lipinski definition) is 0. The molecule has 0 atom stereocenters. The van der Waals surface area contributed by atoms with Gasteiger partial charge in [-0.1, -0.05) is 11.8 Å². The Bertz CT molecular complexity index is 1220. The van der Waals surface area contributed by atoms with Crippen molar-refractivity contribution in [3.63, 3.8) is 0 Å². The van der Waals surface area contributed by atoms with Gasteiger partial charge in [0.15, 0.2) is 5.79 Å². The van der Waals surface area contributed by atoms with Crippen molar-refractivity contribution in [1.29, 1.82) is 0 Å². The molecular formula is C22H20N4O4. The van der Waals surface area contributed by atoms with Crippen molar-refractivity contribution in [2.24, 2.45) is 0 Å². The molecule has 0 aliphatic carbocycles. The van der Waals surface area contributed by atoms with Gasteiger partial charge in [0.25, 0.3) is 5.56 Å². The summed E-state index contributed by atoms with van der Waals surface area (Å²) in [4.78, 5) is 25.9. The molecule has 2 aliphatic rings. The summed E-state index contributed by atoms with van der Waals surface area (Å²) in [5.74, 6) is 6.29. The van der Waals surface area contributed by atoms with Crippen molar-refractivity contribution < 1.29 is 14.2 Å². The summed E-state index contributed by atoms with van der Waals surface area (Å²) in [5, 5.41) is 0.585. The second-order valence-electron chi connectivity index (χ2n) is 7.28. The van der Waals surface area contributed by atoms with E-state index in [9.17, 15) is 4.79 Å². The smallest absolute Gasteiger partial charge is 0.316 e. The largest absolute Gasteiger partial charge is 0.467 e. The maximum absolute atomic E-state index is 13.1. The minimum atomic E-state index is -0.580. The predicted molar refractivity (Wildman–Crippen MR) is 108 cm³/mol. The van der Waals surface area contributed by atoms with E-state index in [-0.39, 0.29) is 5.56 Å². The molecule has 3 aromatic rings. The zero-order valence-electron chi connectivity index (χ0n) is 16.6. The zero-order chi connectivity index (χ0) is 20.6. The maximum atomic E-state index is 13.1. The standard InChI is InChI=1S/C22H20N4O4/c1-28-21-23-13-16(14-24-21)3-2-15-4-5-17-18(12-15)25-19-6-7-22(29-10-11-30-22)8-9-26(19)20(17)27/h4-5,12-14H,6-11H2,1H3. The van der Waals surface area contributed by atoms with E-state index in [1.165, 1.54) is 7.11 Å². The van der Waals surface area contributed by atoms with Crippen LogP contribution in [0.2, 0.25) is 0 Å². The number of rotatable bonds is 1. The molecule has 0 unspecified atom stereocenters. The Morgan fingerprint density at radius 2 is 1.87 bits per heavy atom. The SMILES string of the molecule is COc1ncc(C#Cc2ccc3c(=O)n4c(nc3c2)CCC2(CC4)OCCO2)cn1. The van der Waals surface area contributed by atoms with E-state index in [1.54, 1.807) is 23.0 Å². The van der Waals surface area contributed by atoms with E-state index >= 15 is 0 Å². The van der Waals surface area contributed by atoms with E-state index in [2.05, 4.69) is 21.8 Å². The molecule has 2 aromatic heterocycles. The van der Waals surface area contributed by atoms with Gasteiger partial charge < -0.3 is 14.2 Å². The highest BCUT2D eigenvalue weighted by Crippen LogP contribution is 2.31. The van der Waals surface area contributed by atoms with E-state index in [0.29, 0.717) is 61.5 Å². The fourth-order valence-corrected chi connectivity index (χ4v) is 3.89. The van der Waals surface area contributed by atoms with Crippen LogP contribution in [0, 0.1) is 11.8 Å². The highest BCUT2D eigenvalue weighted by atomic mass is 16.7. The normalized spacial score (nSPS) is 17.2. The van der Waals surface area contributed by atoms with Crippen LogP contribution in [0.4, 0.5) is 0 Å². The molecule has 30 heavy (non-hydrogen) atoms. The number of hydrogen-bond acceptors (Lipinski definition) is 7. The van der Waals surface area contributed by atoms with Gasteiger partial charge in [-0.15, -0.1) is 0 Å². The molecule has 0 radical (unpaired) electrons. The van der Waals surface area contributed by atoms with E-state index < -0.39 is 5.79 Å². The highest BCUT2D eigenvalue weighted by Gasteiger charge is 2.38. The zero-order valence-corrected chi connectivity index (χ0v) is 16.6. The number of aryl methyl sites for hydroxylation is 1. The van der Waals surface area contributed by atoms with Gasteiger partial charge in [0.2, 0.25) is 0 Å². The molecule has 0 N–H and O–H groups in total. The van der Waals surface area contributed by atoms with E-state index in [4.69, 9.17) is 19.2 Å². The van der Waals surface area contributed by atoms with Gasteiger partial charge in [-0.3, -0.25) is 9.36 Å². The summed E-state index contributed by atoms with van der Waals surface area (Å²) in [6.07, 6.45) is 5.19. The molecule has 2 aliphatic heterocycles. The number of methoxy groups -OCH3 is 1. The molecule has 1 spiro atoms. The van der Waals surface area contributed by atoms with E-state index in [1.807, 2.05) is 12.1 Å². The lowest BCUT2D eigenvalue weighted by Crippen LogP contribution is -2.31. The molecule has 4 heterocycles. The van der Waals surface area contributed by atoms with Crippen molar-refractivity contribution >= 4 is 10.9 Å². The molecule has 0 amide bonds. The molecule has 1 fully saturated rings. The Balaban J connectivity index is 1.47. The Hall–Kier alpha value is -3.28. The number of fused-ring (bicyclic) bond motifs is 2. The summed E-state index contributed by atoms with van der Waals surface area (Å²) in [5.41, 5.74) is 2.05. The van der Waals surface area contributed by atoms with Crippen molar-refractivity contribution in [2.75, 3.05) is 20.3 Å². The van der Waals surface area contributed by atoms with Gasteiger partial charge in [0.05, 0.1) is 36.8 Å². The van der Waals surface area contributed by atoms with Crippen molar-refractivity contribution in [1.82, 2.24) is 19.5 Å². The molecule has 0 saturated carbocycles. The summed E-state index contributed by atoms with van der Waals surface area (Å²) in [7, 11) is 1.51. The average Bonchev–Trinajstić information content (AvgIpc) is 3.17. The topological polar surface area (TPSA) is 88.4 Å². The number of ether oxygens (including phenoxy) is 3. The first-order valence-electron chi connectivity index (χ1n) is 9.85. The second-order valence-corrected chi connectivity index (χ2v) is 7.28. The fraction of sp³-hybridized carbons (Fsp3) is 0.364. The van der Waals surface area contributed by atoms with Crippen LogP contribution in [-0.2, 0) is 22.4 Å². The third kappa shape index (κ3) is 3.43. The Kier molecular flexibility index (Phi) is 4.69. The Morgan fingerprint density at radius 3 is 2.63 bits per heavy atom. The second kappa shape index (κ2) is 7.52. The van der Waals surface area contributed by atoms with Crippen LogP contribution in [0.3, 0.4) is 0 Å². The van der Waals surface area contributed by atoms with Crippen LogP contribution >= 0.6 is 0 Å². The van der Waals surface area contributed by atoms with Gasteiger partial charge in [0.1, 0.15) is 5.82 Å². The van der Waals surface area contributed by atoms with Gasteiger partial charge in [-0.2, -0.15) is 0 Å². The van der Waals surface area contributed by atoms with Crippen LogP contribution in [-0.4, -0.2) is 45.6 Å². The maximum Gasteiger partial charge on any atom is 0.316 e. The first kappa shape index (κ1) is 18.7. The first-order valence-corrected chi connectivity index (χ1v) is 9.85. The molecule has 152 valence electrons. The van der Waals surface area contributed by atoms with Crippen molar-refractivity contribution in [3.05, 3.63) is 57.9 Å². The van der Waals surface area contributed by atoms with Gasteiger partial charge >= 0.3 is 6.01 Å². The molecule has 0 bridgehead atoms. The predicted octanol–water partition coefficient (Wildman–Crippen LogP) is 1.67. The summed E-state index contributed by atoms with van der Waals surface area (Å²) < 4.78 is 18.4. The monoisotopic (exact) mass is 404 g/mol. The number of benzene rings is 1. The Morgan fingerprint density at radius 1 is 1.10 bits per heavy atom. The van der Waals surface area contributed by atoms with Crippen molar-refractivity contribution in [2.45, 2.75) is 31.6 Å². The number of aromatic nitrogens is 4. The molecule has 5 rings (SSSR count). The lowest BCUT2D eigenvalue weighted by molar-refractivity contribution is -0.165. The Labute approximate surface area is 172 Å². The summed E-state index contributed by atoms with van der Waals surface area (Å²) in [6.45, 7) is 1.74. The van der Waals surface area contributed by atoms with Gasteiger partial charge in [0, 0.05) is 43.8 Å². The van der Waals surface area contributed by atoms with Crippen LogP contribution < -0.4 is 10.3 Å². The van der Waals surface area contributed by atoms with Gasteiger partial charge in [-0.05, 0) is 18.2 Å². The minimum absolute atomic E-state index is 0.0342. The van der Waals surface area contributed by atoms with Crippen LogP contribution in [0.25, 0.3) is 10.9 Å². The molecule has 8 nitrogen and oxygen atoms in total. The van der Waals surface area contributed by atoms with Crippen LogP contribution in [0.5, 0.6) is 6.01 Å². The molecule has 8 heteroatoms. The first-order chi connectivity index (χ1) is 14.7. The van der Waals surface area contributed by atoms with Crippen molar-refractivity contribution in [3.8, 4) is 17.9 Å². The highest BCUT2D eigenvalue weighted by molar-refractivity contribution is 5.79. The fourth-order valence-electron chi connectivity index (χ4n) is 3.89. The lowest BCUT2D eigenvalue weighted by Gasteiger charge is -2.24. The quantitative estimate of drug-likeness (QED) is 0.570.